The minimum atomic E-state index is -5.08. The number of alkyl halides is 4. The van der Waals surface area contributed by atoms with Crippen molar-refractivity contribution in [1.82, 2.24) is 4.98 Å². The Bertz CT molecular complexity index is 512. The van der Waals surface area contributed by atoms with Crippen LogP contribution < -0.4 is 10.2 Å². The molecule has 1 aromatic heterocycles. The topological polar surface area (TPSA) is 79.4 Å². The largest absolute Gasteiger partial charge is 0.573 e. The van der Waals surface area contributed by atoms with E-state index in [1.807, 2.05) is 0 Å². The standard InChI is InChI=1S/C9H7ClF3NO4/c10-3-4-1-6(15)8(18-9(11,12)13)5(14-4)2-7(16)17/h1H,2-3H2,(H,14,15)(H,16,17). The molecule has 18 heavy (non-hydrogen) atoms. The first kappa shape index (κ1) is 14.4. The summed E-state index contributed by atoms with van der Waals surface area (Å²) in [6.45, 7) is 0. The molecule has 0 aliphatic rings. The van der Waals surface area contributed by atoms with Crippen LogP contribution in [0.2, 0.25) is 0 Å². The van der Waals surface area contributed by atoms with E-state index in [0.29, 0.717) is 0 Å². The number of hydrogen-bond donors (Lipinski definition) is 2. The fourth-order valence-electron chi connectivity index (χ4n) is 1.23. The average molecular weight is 286 g/mol. The van der Waals surface area contributed by atoms with Gasteiger partial charge in [0.15, 0.2) is 5.75 Å². The van der Waals surface area contributed by atoms with Gasteiger partial charge >= 0.3 is 12.3 Å². The normalized spacial score (nSPS) is 11.3. The number of aliphatic carboxylic acids is 1. The minimum absolute atomic E-state index is 0.104. The van der Waals surface area contributed by atoms with Crippen LogP contribution in [0.1, 0.15) is 11.4 Å². The number of carboxylic acid groups (broad SMARTS) is 1. The van der Waals surface area contributed by atoms with Crippen molar-refractivity contribution in [2.45, 2.75) is 18.7 Å². The molecule has 0 atom stereocenters. The van der Waals surface area contributed by atoms with Crippen molar-refractivity contribution in [3.8, 4) is 5.75 Å². The van der Waals surface area contributed by atoms with E-state index >= 15 is 0 Å². The fourth-order valence-corrected chi connectivity index (χ4v) is 1.38. The molecule has 0 saturated heterocycles. The molecule has 0 saturated carbocycles. The van der Waals surface area contributed by atoms with E-state index < -0.39 is 35.6 Å². The quantitative estimate of drug-likeness (QED) is 0.824. The summed E-state index contributed by atoms with van der Waals surface area (Å²) in [5, 5.41) is 8.55. The van der Waals surface area contributed by atoms with Crippen LogP contribution in [0.15, 0.2) is 10.9 Å². The number of hydrogen-bond acceptors (Lipinski definition) is 3. The minimum Gasteiger partial charge on any atom is -0.481 e. The van der Waals surface area contributed by atoms with Crippen LogP contribution in [0.4, 0.5) is 13.2 Å². The summed E-state index contributed by atoms with van der Waals surface area (Å²) in [7, 11) is 0. The van der Waals surface area contributed by atoms with Crippen LogP contribution in [-0.2, 0) is 17.1 Å². The molecule has 0 aliphatic heterocycles. The predicted octanol–water partition coefficient (Wildman–Crippen LogP) is 1.64. The van der Waals surface area contributed by atoms with E-state index in [4.69, 9.17) is 16.7 Å². The van der Waals surface area contributed by atoms with Gasteiger partial charge in [-0.15, -0.1) is 24.8 Å². The zero-order valence-corrected chi connectivity index (χ0v) is 9.43. The van der Waals surface area contributed by atoms with Crippen molar-refractivity contribution in [2.24, 2.45) is 0 Å². The number of halogens is 4. The van der Waals surface area contributed by atoms with Gasteiger partial charge in [0, 0.05) is 11.8 Å². The third kappa shape index (κ3) is 3.95. The van der Waals surface area contributed by atoms with Crippen molar-refractivity contribution in [3.05, 3.63) is 27.7 Å². The van der Waals surface area contributed by atoms with E-state index in [2.05, 4.69) is 9.72 Å². The lowest BCUT2D eigenvalue weighted by Gasteiger charge is -2.12. The molecule has 1 rings (SSSR count). The Morgan fingerprint density at radius 1 is 1.50 bits per heavy atom. The molecule has 0 fully saturated rings. The average Bonchev–Trinajstić information content (AvgIpc) is 2.20. The highest BCUT2D eigenvalue weighted by Crippen LogP contribution is 2.23. The van der Waals surface area contributed by atoms with E-state index in [1.54, 1.807) is 0 Å². The molecule has 100 valence electrons. The van der Waals surface area contributed by atoms with Gasteiger partial charge in [0.2, 0.25) is 5.43 Å². The summed E-state index contributed by atoms with van der Waals surface area (Å²) in [4.78, 5) is 24.2. The number of nitrogens with one attached hydrogen (secondary N) is 1. The number of H-pyrrole nitrogens is 1. The summed E-state index contributed by atoms with van der Waals surface area (Å²) in [5.41, 5.74) is -1.46. The molecule has 2 N–H and O–H groups in total. The number of aromatic nitrogens is 1. The molecule has 0 amide bonds. The lowest BCUT2D eigenvalue weighted by molar-refractivity contribution is -0.275. The van der Waals surface area contributed by atoms with Crippen molar-refractivity contribution < 1.29 is 27.8 Å². The van der Waals surface area contributed by atoms with Crippen molar-refractivity contribution in [3.63, 3.8) is 0 Å². The van der Waals surface area contributed by atoms with Crippen LogP contribution in [0.5, 0.6) is 5.75 Å². The molecule has 0 aliphatic carbocycles. The van der Waals surface area contributed by atoms with Crippen molar-refractivity contribution in [1.29, 1.82) is 0 Å². The summed E-state index contributed by atoms with van der Waals surface area (Å²) in [6, 6.07) is 0.819. The second kappa shape index (κ2) is 5.30. The summed E-state index contributed by atoms with van der Waals surface area (Å²) in [5.74, 6) is -2.67. The van der Waals surface area contributed by atoms with E-state index in [1.165, 1.54) is 0 Å². The zero-order valence-electron chi connectivity index (χ0n) is 8.68. The lowest BCUT2D eigenvalue weighted by Crippen LogP contribution is -2.24. The Labute approximate surface area is 103 Å². The Kier molecular flexibility index (Phi) is 4.23. The molecule has 9 heteroatoms. The second-order valence-electron chi connectivity index (χ2n) is 3.22. The van der Waals surface area contributed by atoms with Gasteiger partial charge < -0.3 is 14.8 Å². The molecule has 1 heterocycles. The third-order valence-corrected chi connectivity index (χ3v) is 2.09. The van der Waals surface area contributed by atoms with Gasteiger partial charge in [0.25, 0.3) is 0 Å². The number of ether oxygens (including phenoxy) is 1. The van der Waals surface area contributed by atoms with Crippen LogP contribution in [0.25, 0.3) is 0 Å². The predicted molar refractivity (Wildman–Crippen MR) is 54.6 cm³/mol. The Morgan fingerprint density at radius 3 is 2.56 bits per heavy atom. The molecule has 0 aromatic carbocycles. The lowest BCUT2D eigenvalue weighted by atomic mass is 10.2. The maximum atomic E-state index is 12.1. The SMILES string of the molecule is O=C(O)Cc1[nH]c(CCl)cc(=O)c1OC(F)(F)F. The Morgan fingerprint density at radius 2 is 2.11 bits per heavy atom. The molecule has 0 bridgehead atoms. The van der Waals surface area contributed by atoms with E-state index in [-0.39, 0.29) is 11.6 Å². The first-order valence-corrected chi connectivity index (χ1v) is 5.05. The van der Waals surface area contributed by atoms with Crippen LogP contribution in [-0.4, -0.2) is 22.4 Å². The zero-order chi connectivity index (χ0) is 13.9. The molecule has 5 nitrogen and oxygen atoms in total. The highest BCUT2D eigenvalue weighted by atomic mass is 35.5. The number of pyridine rings is 1. The van der Waals surface area contributed by atoms with Gasteiger partial charge in [-0.25, -0.2) is 0 Å². The summed E-state index contributed by atoms with van der Waals surface area (Å²) in [6.07, 6.45) is -5.89. The summed E-state index contributed by atoms with van der Waals surface area (Å²) >= 11 is 5.41. The van der Waals surface area contributed by atoms with Crippen LogP contribution >= 0.6 is 11.6 Å². The van der Waals surface area contributed by atoms with Gasteiger partial charge in [-0.2, -0.15) is 0 Å². The first-order valence-electron chi connectivity index (χ1n) is 4.51. The maximum absolute atomic E-state index is 12.1. The van der Waals surface area contributed by atoms with Gasteiger partial charge in [-0.1, -0.05) is 0 Å². The molecular weight excluding hydrogens is 279 g/mol. The number of rotatable bonds is 4. The highest BCUT2D eigenvalue weighted by molar-refractivity contribution is 6.16. The van der Waals surface area contributed by atoms with Crippen LogP contribution in [0, 0.1) is 0 Å². The van der Waals surface area contributed by atoms with Crippen LogP contribution in [0.3, 0.4) is 0 Å². The molecule has 0 radical (unpaired) electrons. The second-order valence-corrected chi connectivity index (χ2v) is 3.49. The van der Waals surface area contributed by atoms with Gasteiger partial charge in [-0.05, 0) is 0 Å². The molecule has 0 spiro atoms. The number of carbonyl (C=O) groups is 1. The van der Waals surface area contributed by atoms with Gasteiger partial charge in [0.05, 0.1) is 18.0 Å². The molecule has 0 unspecified atom stereocenters. The summed E-state index contributed by atoms with van der Waals surface area (Å²) < 4.78 is 39.7. The molecule has 1 aromatic rings. The maximum Gasteiger partial charge on any atom is 0.573 e. The fraction of sp³-hybridized carbons (Fsp3) is 0.333. The Balaban J connectivity index is 3.28. The smallest absolute Gasteiger partial charge is 0.481 e. The van der Waals surface area contributed by atoms with E-state index in [9.17, 15) is 22.8 Å². The molecular formula is C9H7ClF3NO4. The third-order valence-electron chi connectivity index (χ3n) is 1.80. The van der Waals surface area contributed by atoms with E-state index in [0.717, 1.165) is 6.07 Å². The highest BCUT2D eigenvalue weighted by Gasteiger charge is 2.34. The van der Waals surface area contributed by atoms with Crippen molar-refractivity contribution >= 4 is 17.6 Å². The Hall–Kier alpha value is -1.70. The van der Waals surface area contributed by atoms with Gasteiger partial charge in [0.1, 0.15) is 0 Å². The van der Waals surface area contributed by atoms with Gasteiger partial charge in [-0.3, -0.25) is 9.59 Å². The first-order chi connectivity index (χ1) is 8.23. The van der Waals surface area contributed by atoms with Crippen molar-refractivity contribution in [2.75, 3.05) is 0 Å². The monoisotopic (exact) mass is 285 g/mol. The number of carboxylic acids is 1. The number of aromatic amines is 1.